The van der Waals surface area contributed by atoms with Crippen molar-refractivity contribution in [2.24, 2.45) is 0 Å². The van der Waals surface area contributed by atoms with E-state index in [4.69, 9.17) is 14.3 Å². The molecular weight excluding hydrogens is 260 g/mol. The van der Waals surface area contributed by atoms with Crippen molar-refractivity contribution in [3.8, 4) is 0 Å². The molecule has 0 radical (unpaired) electrons. The van der Waals surface area contributed by atoms with Crippen LogP contribution in [0.5, 0.6) is 0 Å². The Morgan fingerprint density at radius 3 is 2.67 bits per heavy atom. The molecule has 1 N–H and O–H groups in total. The molecule has 0 saturated carbocycles. The molecule has 1 rings (SSSR count). The molecule has 0 bridgehead atoms. The monoisotopic (exact) mass is 276 g/mol. The second-order valence-corrected chi connectivity index (χ2v) is 6.12. The molecule has 6 nitrogen and oxygen atoms in total. The highest BCUT2D eigenvalue weighted by molar-refractivity contribution is 7.90. The van der Waals surface area contributed by atoms with E-state index in [0.717, 1.165) is 0 Å². The molecule has 1 heterocycles. The van der Waals surface area contributed by atoms with Crippen molar-refractivity contribution >= 4 is 15.8 Å². The third-order valence-corrected chi connectivity index (χ3v) is 4.07. The predicted octanol–water partition coefficient (Wildman–Crippen LogP) is 1.24. The summed E-state index contributed by atoms with van der Waals surface area (Å²) in [4.78, 5) is 10.7. The third-order valence-electron chi connectivity index (χ3n) is 2.41. The van der Waals surface area contributed by atoms with Gasteiger partial charge >= 0.3 is 5.97 Å². The molecular formula is C11H16O6S. The number of carboxylic acid groups (broad SMARTS) is 1. The van der Waals surface area contributed by atoms with Crippen molar-refractivity contribution in [1.29, 1.82) is 0 Å². The largest absolute Gasteiger partial charge is 0.475 e. The first kappa shape index (κ1) is 14.7. The Balaban J connectivity index is 2.74. The van der Waals surface area contributed by atoms with Crippen LogP contribution >= 0.6 is 0 Å². The van der Waals surface area contributed by atoms with Crippen LogP contribution in [0.3, 0.4) is 0 Å². The number of rotatable bonds is 7. The molecule has 0 fully saturated rings. The minimum atomic E-state index is -3.27. The molecule has 7 heteroatoms. The number of carboxylic acids is 1. The molecule has 0 spiro atoms. The Morgan fingerprint density at radius 2 is 2.17 bits per heavy atom. The van der Waals surface area contributed by atoms with Gasteiger partial charge in [0.15, 0.2) is 9.84 Å². The first-order chi connectivity index (χ1) is 8.35. The van der Waals surface area contributed by atoms with Crippen molar-refractivity contribution in [3.05, 3.63) is 23.2 Å². The standard InChI is InChI=1S/C11H16O6S/c1-8-9(6-10(17-8)11(12)13)7-18(14,15)5-3-4-16-2/h6H,3-5,7H2,1-2H3,(H,12,13). The first-order valence-corrected chi connectivity index (χ1v) is 7.20. The Hall–Kier alpha value is -1.34. The van der Waals surface area contributed by atoms with Gasteiger partial charge in [0, 0.05) is 19.3 Å². The van der Waals surface area contributed by atoms with Gasteiger partial charge in [-0.1, -0.05) is 0 Å². The summed E-state index contributed by atoms with van der Waals surface area (Å²) >= 11 is 0. The number of ether oxygens (including phenoxy) is 1. The lowest BCUT2D eigenvalue weighted by Gasteiger charge is -2.02. The molecule has 1 aromatic rings. The quantitative estimate of drug-likeness (QED) is 0.753. The average molecular weight is 276 g/mol. The third kappa shape index (κ3) is 4.15. The van der Waals surface area contributed by atoms with Gasteiger partial charge in [-0.05, 0) is 19.4 Å². The normalized spacial score (nSPS) is 11.7. The summed E-state index contributed by atoms with van der Waals surface area (Å²) in [6.07, 6.45) is 0.418. The average Bonchev–Trinajstić information content (AvgIpc) is 2.60. The number of hydrogen-bond acceptors (Lipinski definition) is 5. The van der Waals surface area contributed by atoms with E-state index in [-0.39, 0.29) is 17.3 Å². The summed E-state index contributed by atoms with van der Waals surface area (Å²) in [6.45, 7) is 1.93. The van der Waals surface area contributed by atoms with Gasteiger partial charge < -0.3 is 14.3 Å². The van der Waals surface area contributed by atoms with Crippen molar-refractivity contribution in [2.45, 2.75) is 19.1 Å². The molecule has 1 aromatic heterocycles. The highest BCUT2D eigenvalue weighted by Crippen LogP contribution is 2.18. The Labute approximate surface area is 105 Å². The Bertz CT molecular complexity index is 514. The smallest absolute Gasteiger partial charge is 0.371 e. The number of sulfone groups is 1. The maximum atomic E-state index is 11.8. The van der Waals surface area contributed by atoms with Gasteiger partial charge in [-0.15, -0.1) is 0 Å². The number of carbonyl (C=O) groups is 1. The molecule has 18 heavy (non-hydrogen) atoms. The zero-order valence-electron chi connectivity index (χ0n) is 10.3. The number of furan rings is 1. The fourth-order valence-corrected chi connectivity index (χ4v) is 2.96. The number of aryl methyl sites for hydroxylation is 1. The van der Waals surface area contributed by atoms with Gasteiger partial charge in [0.1, 0.15) is 5.76 Å². The van der Waals surface area contributed by atoms with Crippen LogP contribution in [-0.2, 0) is 20.3 Å². The highest BCUT2D eigenvalue weighted by atomic mass is 32.2. The van der Waals surface area contributed by atoms with Crippen LogP contribution in [0.25, 0.3) is 0 Å². The van der Waals surface area contributed by atoms with E-state index in [9.17, 15) is 13.2 Å². The lowest BCUT2D eigenvalue weighted by molar-refractivity contribution is 0.0661. The number of methoxy groups -OCH3 is 1. The number of aromatic carboxylic acids is 1. The van der Waals surface area contributed by atoms with Crippen LogP contribution in [0.1, 0.15) is 28.3 Å². The SMILES string of the molecule is COCCCS(=O)(=O)Cc1cc(C(=O)O)oc1C. The molecule has 0 aliphatic heterocycles. The summed E-state index contributed by atoms with van der Waals surface area (Å²) in [7, 11) is -1.77. The van der Waals surface area contributed by atoms with Crippen molar-refractivity contribution in [1.82, 2.24) is 0 Å². The summed E-state index contributed by atoms with van der Waals surface area (Å²) < 4.78 is 33.3. The maximum absolute atomic E-state index is 11.8. The summed E-state index contributed by atoms with van der Waals surface area (Å²) in [6, 6.07) is 1.26. The van der Waals surface area contributed by atoms with Gasteiger partial charge in [0.2, 0.25) is 5.76 Å². The minimum Gasteiger partial charge on any atom is -0.475 e. The van der Waals surface area contributed by atoms with Crippen molar-refractivity contribution < 1.29 is 27.5 Å². The van der Waals surface area contributed by atoms with Gasteiger partial charge in [-0.3, -0.25) is 0 Å². The van der Waals surface area contributed by atoms with E-state index >= 15 is 0 Å². The topological polar surface area (TPSA) is 93.8 Å². The van der Waals surface area contributed by atoms with E-state index in [1.165, 1.54) is 13.2 Å². The predicted molar refractivity (Wildman–Crippen MR) is 64.4 cm³/mol. The van der Waals surface area contributed by atoms with Crippen LogP contribution in [0.15, 0.2) is 10.5 Å². The molecule has 0 aromatic carbocycles. The number of hydrogen-bond donors (Lipinski definition) is 1. The minimum absolute atomic E-state index is 0.00780. The van der Waals surface area contributed by atoms with E-state index in [1.807, 2.05) is 0 Å². The second kappa shape index (κ2) is 6.01. The zero-order valence-corrected chi connectivity index (χ0v) is 11.1. The first-order valence-electron chi connectivity index (χ1n) is 5.37. The molecule has 0 amide bonds. The van der Waals surface area contributed by atoms with E-state index in [0.29, 0.717) is 24.4 Å². The van der Waals surface area contributed by atoms with Gasteiger partial charge in [-0.25, -0.2) is 13.2 Å². The van der Waals surface area contributed by atoms with Crippen LogP contribution in [0, 0.1) is 6.92 Å². The van der Waals surface area contributed by atoms with Crippen LogP contribution in [0.4, 0.5) is 0 Å². The molecule has 102 valence electrons. The zero-order chi connectivity index (χ0) is 13.8. The van der Waals surface area contributed by atoms with Gasteiger partial charge in [0.05, 0.1) is 11.5 Å². The highest BCUT2D eigenvalue weighted by Gasteiger charge is 2.18. The van der Waals surface area contributed by atoms with Crippen LogP contribution in [0.2, 0.25) is 0 Å². The summed E-state index contributed by atoms with van der Waals surface area (Å²) in [5.41, 5.74) is 0.393. The molecule has 0 atom stereocenters. The Morgan fingerprint density at radius 1 is 1.50 bits per heavy atom. The molecule has 0 aliphatic carbocycles. The molecule has 0 aliphatic rings. The Kier molecular flexibility index (Phi) is 4.92. The van der Waals surface area contributed by atoms with Crippen LogP contribution < -0.4 is 0 Å². The fraction of sp³-hybridized carbons (Fsp3) is 0.545. The maximum Gasteiger partial charge on any atom is 0.371 e. The van der Waals surface area contributed by atoms with Gasteiger partial charge in [-0.2, -0.15) is 0 Å². The van der Waals surface area contributed by atoms with Crippen LogP contribution in [-0.4, -0.2) is 39.0 Å². The molecule has 0 saturated heterocycles. The fourth-order valence-electron chi connectivity index (χ4n) is 1.50. The lowest BCUT2D eigenvalue weighted by atomic mass is 10.3. The van der Waals surface area contributed by atoms with E-state index in [1.54, 1.807) is 6.92 Å². The summed E-state index contributed by atoms with van der Waals surface area (Å²) in [5, 5.41) is 8.73. The molecule has 0 unspecified atom stereocenters. The summed E-state index contributed by atoms with van der Waals surface area (Å²) in [5.74, 6) is -1.33. The van der Waals surface area contributed by atoms with E-state index < -0.39 is 15.8 Å². The van der Waals surface area contributed by atoms with E-state index in [2.05, 4.69) is 0 Å². The van der Waals surface area contributed by atoms with Crippen molar-refractivity contribution in [3.63, 3.8) is 0 Å². The second-order valence-electron chi connectivity index (χ2n) is 3.94. The van der Waals surface area contributed by atoms with Crippen molar-refractivity contribution in [2.75, 3.05) is 19.5 Å². The lowest BCUT2D eigenvalue weighted by Crippen LogP contribution is -2.11. The van der Waals surface area contributed by atoms with Gasteiger partial charge in [0.25, 0.3) is 0 Å².